The van der Waals surface area contributed by atoms with E-state index < -0.39 is 5.97 Å². The Hall–Kier alpha value is -1.51. The first-order valence-electron chi connectivity index (χ1n) is 5.35. The van der Waals surface area contributed by atoms with Gasteiger partial charge in [-0.1, -0.05) is 26.0 Å². The van der Waals surface area contributed by atoms with Gasteiger partial charge in [0.15, 0.2) is 0 Å². The van der Waals surface area contributed by atoms with Crippen LogP contribution in [-0.2, 0) is 4.79 Å². The third-order valence-electron chi connectivity index (χ3n) is 3.57. The van der Waals surface area contributed by atoms with Gasteiger partial charge in [0.25, 0.3) is 0 Å². The lowest BCUT2D eigenvalue weighted by atomic mass is 10.0. The zero-order valence-electron chi connectivity index (χ0n) is 9.73. The minimum absolute atomic E-state index is 0.121. The molecule has 0 radical (unpaired) electrons. The van der Waals surface area contributed by atoms with E-state index in [1.165, 1.54) is 0 Å². The molecule has 86 valence electrons. The number of aliphatic carboxylic acids is 1. The van der Waals surface area contributed by atoms with Crippen LogP contribution in [0, 0.1) is 11.3 Å². The number of hydrogen-bond donors (Lipinski definition) is 1. The molecule has 3 nitrogen and oxygen atoms in total. The molecule has 0 bridgehead atoms. The van der Waals surface area contributed by atoms with Gasteiger partial charge in [-0.15, -0.1) is 0 Å². The van der Waals surface area contributed by atoms with Crippen LogP contribution in [0.3, 0.4) is 0 Å². The van der Waals surface area contributed by atoms with E-state index >= 15 is 0 Å². The summed E-state index contributed by atoms with van der Waals surface area (Å²) in [7, 11) is 1.62. The van der Waals surface area contributed by atoms with Crippen LogP contribution in [0.15, 0.2) is 24.3 Å². The number of rotatable bonds is 3. The number of ether oxygens (including phenoxy) is 1. The van der Waals surface area contributed by atoms with Gasteiger partial charge in [-0.3, -0.25) is 4.79 Å². The molecule has 1 saturated carbocycles. The minimum atomic E-state index is -0.703. The Morgan fingerprint density at radius 1 is 1.31 bits per heavy atom. The maximum absolute atomic E-state index is 11.1. The van der Waals surface area contributed by atoms with Crippen molar-refractivity contribution in [1.29, 1.82) is 0 Å². The number of carboxylic acids is 1. The van der Waals surface area contributed by atoms with Crippen molar-refractivity contribution in [3.8, 4) is 5.75 Å². The van der Waals surface area contributed by atoms with Gasteiger partial charge in [0.05, 0.1) is 13.0 Å². The molecule has 1 fully saturated rings. The summed E-state index contributed by atoms with van der Waals surface area (Å²) in [5.41, 5.74) is 0.943. The predicted molar refractivity (Wildman–Crippen MR) is 60.6 cm³/mol. The van der Waals surface area contributed by atoms with Crippen LogP contribution >= 0.6 is 0 Å². The van der Waals surface area contributed by atoms with Crippen molar-refractivity contribution in [2.75, 3.05) is 7.11 Å². The standard InChI is InChI=1S/C13H16O3/c1-13(2)10(11(13)12(14)15)8-4-6-9(16-3)7-5-8/h4-7,10-11H,1-3H3,(H,14,15)/t10-,11-/m1/s1. The third kappa shape index (κ3) is 1.56. The first-order chi connectivity index (χ1) is 7.48. The number of carbonyl (C=O) groups is 1. The second-order valence-electron chi connectivity index (χ2n) is 4.89. The molecule has 16 heavy (non-hydrogen) atoms. The van der Waals surface area contributed by atoms with Crippen molar-refractivity contribution in [3.05, 3.63) is 29.8 Å². The molecule has 3 heteroatoms. The molecule has 1 aromatic carbocycles. The van der Waals surface area contributed by atoms with Crippen molar-refractivity contribution in [1.82, 2.24) is 0 Å². The highest BCUT2D eigenvalue weighted by molar-refractivity contribution is 5.77. The van der Waals surface area contributed by atoms with Crippen molar-refractivity contribution in [3.63, 3.8) is 0 Å². The molecule has 1 aliphatic carbocycles. The van der Waals surface area contributed by atoms with Crippen LogP contribution in [0.1, 0.15) is 25.3 Å². The summed E-state index contributed by atoms with van der Waals surface area (Å²) in [6.07, 6.45) is 0. The van der Waals surface area contributed by atoms with Crippen molar-refractivity contribution < 1.29 is 14.6 Å². The largest absolute Gasteiger partial charge is 0.497 e. The highest BCUT2D eigenvalue weighted by Gasteiger charge is 2.62. The van der Waals surface area contributed by atoms with Crippen molar-refractivity contribution in [2.45, 2.75) is 19.8 Å². The molecule has 2 rings (SSSR count). The summed E-state index contributed by atoms with van der Waals surface area (Å²) < 4.78 is 5.08. The molecule has 0 heterocycles. The van der Waals surface area contributed by atoms with Crippen molar-refractivity contribution >= 4 is 5.97 Å². The normalized spacial score (nSPS) is 26.2. The lowest BCUT2D eigenvalue weighted by Gasteiger charge is -2.04. The average molecular weight is 220 g/mol. The van der Waals surface area contributed by atoms with E-state index in [-0.39, 0.29) is 17.3 Å². The fraction of sp³-hybridized carbons (Fsp3) is 0.462. The van der Waals surface area contributed by atoms with Gasteiger partial charge >= 0.3 is 5.97 Å². The van der Waals surface area contributed by atoms with Gasteiger partial charge in [-0.05, 0) is 23.1 Å². The van der Waals surface area contributed by atoms with Crippen molar-refractivity contribution in [2.24, 2.45) is 11.3 Å². The van der Waals surface area contributed by atoms with E-state index in [1.807, 2.05) is 38.1 Å². The second kappa shape index (κ2) is 3.51. The van der Waals surface area contributed by atoms with E-state index in [9.17, 15) is 4.79 Å². The molecule has 1 aliphatic rings. The molecule has 0 unspecified atom stereocenters. The lowest BCUT2D eigenvalue weighted by Crippen LogP contribution is -2.03. The molecule has 0 aromatic heterocycles. The third-order valence-corrected chi connectivity index (χ3v) is 3.57. The fourth-order valence-corrected chi connectivity index (χ4v) is 2.53. The van der Waals surface area contributed by atoms with Crippen LogP contribution < -0.4 is 4.74 Å². The molecule has 1 aromatic rings. The fourth-order valence-electron chi connectivity index (χ4n) is 2.53. The quantitative estimate of drug-likeness (QED) is 0.851. The molecule has 0 amide bonds. The zero-order chi connectivity index (χ0) is 11.9. The summed E-state index contributed by atoms with van der Waals surface area (Å²) >= 11 is 0. The van der Waals surface area contributed by atoms with E-state index in [4.69, 9.17) is 9.84 Å². The Labute approximate surface area is 95.0 Å². The van der Waals surface area contributed by atoms with Gasteiger partial charge in [-0.25, -0.2) is 0 Å². The zero-order valence-corrected chi connectivity index (χ0v) is 9.73. The minimum Gasteiger partial charge on any atom is -0.497 e. The number of methoxy groups -OCH3 is 1. The molecular formula is C13H16O3. The van der Waals surface area contributed by atoms with Crippen LogP contribution in [0.2, 0.25) is 0 Å². The van der Waals surface area contributed by atoms with E-state index in [0.717, 1.165) is 11.3 Å². The van der Waals surface area contributed by atoms with Gasteiger partial charge in [0.1, 0.15) is 5.75 Å². The van der Waals surface area contributed by atoms with Crippen LogP contribution in [0.4, 0.5) is 0 Å². The second-order valence-corrected chi connectivity index (χ2v) is 4.89. The average Bonchev–Trinajstić information content (AvgIpc) is 2.82. The highest BCUT2D eigenvalue weighted by atomic mass is 16.5. The SMILES string of the molecule is COc1ccc([C@@H]2[C@H](C(=O)O)C2(C)C)cc1. The number of benzene rings is 1. The van der Waals surface area contributed by atoms with E-state index in [1.54, 1.807) is 7.11 Å². The van der Waals surface area contributed by atoms with Gasteiger partial charge in [-0.2, -0.15) is 0 Å². The van der Waals surface area contributed by atoms with Crippen LogP contribution in [0.5, 0.6) is 5.75 Å². The molecule has 2 atom stereocenters. The van der Waals surface area contributed by atoms with E-state index in [0.29, 0.717) is 0 Å². The van der Waals surface area contributed by atoms with Crippen LogP contribution in [-0.4, -0.2) is 18.2 Å². The summed E-state index contributed by atoms with van der Waals surface area (Å²) in [5.74, 6) is -0.0447. The Bertz CT molecular complexity index is 406. The van der Waals surface area contributed by atoms with Gasteiger partial charge in [0, 0.05) is 5.92 Å². The molecule has 0 aliphatic heterocycles. The summed E-state index contributed by atoms with van der Waals surface area (Å²) in [5, 5.41) is 9.10. The molecule has 0 saturated heterocycles. The Kier molecular flexibility index (Phi) is 2.41. The number of hydrogen-bond acceptors (Lipinski definition) is 2. The summed E-state index contributed by atoms with van der Waals surface area (Å²) in [6.45, 7) is 4.00. The van der Waals surface area contributed by atoms with Gasteiger partial charge in [0.2, 0.25) is 0 Å². The Morgan fingerprint density at radius 2 is 1.88 bits per heavy atom. The highest BCUT2D eigenvalue weighted by Crippen LogP contribution is 2.64. The summed E-state index contributed by atoms with van der Waals surface area (Å²) in [4.78, 5) is 11.1. The first kappa shape index (κ1) is 11.0. The topological polar surface area (TPSA) is 46.5 Å². The lowest BCUT2D eigenvalue weighted by molar-refractivity contribution is -0.139. The maximum atomic E-state index is 11.1. The van der Waals surface area contributed by atoms with Gasteiger partial charge < -0.3 is 9.84 Å². The monoisotopic (exact) mass is 220 g/mol. The predicted octanol–water partition coefficient (Wildman–Crippen LogP) is 2.52. The first-order valence-corrected chi connectivity index (χ1v) is 5.35. The summed E-state index contributed by atoms with van der Waals surface area (Å²) in [6, 6.07) is 7.66. The molecule has 1 N–H and O–H groups in total. The smallest absolute Gasteiger partial charge is 0.307 e. The molecule has 0 spiro atoms. The van der Waals surface area contributed by atoms with E-state index in [2.05, 4.69) is 0 Å². The maximum Gasteiger partial charge on any atom is 0.307 e. The Balaban J connectivity index is 2.23. The number of carboxylic acid groups (broad SMARTS) is 1. The van der Waals surface area contributed by atoms with Crippen LogP contribution in [0.25, 0.3) is 0 Å². The Morgan fingerprint density at radius 3 is 2.25 bits per heavy atom. The molecular weight excluding hydrogens is 204 g/mol.